The van der Waals surface area contributed by atoms with Crippen LogP contribution in [0.3, 0.4) is 0 Å². The Balaban J connectivity index is 0.990. The molecule has 57 heavy (non-hydrogen) atoms. The second kappa shape index (κ2) is 15.0. The van der Waals surface area contributed by atoms with Crippen LogP contribution in [-0.4, -0.2) is 0 Å². The predicted molar refractivity (Wildman–Crippen MR) is 243 cm³/mol. The van der Waals surface area contributed by atoms with E-state index in [4.69, 9.17) is 0 Å². The Labute approximate surface area is 334 Å². The van der Waals surface area contributed by atoms with Crippen LogP contribution in [-0.2, 0) is 0 Å². The average molecular weight is 726 g/mol. The van der Waals surface area contributed by atoms with Crippen molar-refractivity contribution in [2.24, 2.45) is 0 Å². The molecule has 268 valence electrons. The van der Waals surface area contributed by atoms with Crippen LogP contribution < -0.4 is 4.90 Å². The molecule has 0 fully saturated rings. The second-order valence-corrected chi connectivity index (χ2v) is 14.6. The molecule has 1 nitrogen and oxygen atoms in total. The average Bonchev–Trinajstić information content (AvgIpc) is 3.30. The number of benzene rings is 10. The highest BCUT2D eigenvalue weighted by Crippen LogP contribution is 2.39. The summed E-state index contributed by atoms with van der Waals surface area (Å²) in [6.45, 7) is 0. The predicted octanol–water partition coefficient (Wildman–Crippen LogP) is 15.8. The SMILES string of the molecule is c1ccc(-c2cccc(-c3ccc(N(c4ccc(-c5ccc(-c6cccc7ccccc67)cc5)cc4)c4ccc(-c5cccc6ccccc56)cc4)cc3)c2)cc1. The monoisotopic (exact) mass is 725 g/mol. The molecule has 0 N–H and O–H groups in total. The molecule has 0 saturated carbocycles. The third-order valence-electron chi connectivity index (χ3n) is 11.1. The summed E-state index contributed by atoms with van der Waals surface area (Å²) in [7, 11) is 0. The minimum absolute atomic E-state index is 1.10. The molecule has 0 aromatic heterocycles. The molecule has 10 aromatic carbocycles. The first-order chi connectivity index (χ1) is 28.2. The number of fused-ring (bicyclic) bond motifs is 2. The van der Waals surface area contributed by atoms with Crippen molar-refractivity contribution in [1.82, 2.24) is 0 Å². The molecule has 10 rings (SSSR count). The van der Waals surface area contributed by atoms with Crippen molar-refractivity contribution < 1.29 is 0 Å². The molecule has 0 amide bonds. The lowest BCUT2D eigenvalue weighted by Gasteiger charge is -2.26. The highest BCUT2D eigenvalue weighted by Gasteiger charge is 2.15. The van der Waals surface area contributed by atoms with Crippen LogP contribution >= 0.6 is 0 Å². The van der Waals surface area contributed by atoms with E-state index in [9.17, 15) is 0 Å². The Morgan fingerprint density at radius 3 is 1.02 bits per heavy atom. The summed E-state index contributed by atoms with van der Waals surface area (Å²) in [5.41, 5.74) is 15.4. The molecule has 0 spiro atoms. The number of anilines is 3. The molecule has 0 heterocycles. The summed E-state index contributed by atoms with van der Waals surface area (Å²) >= 11 is 0. The van der Waals surface area contributed by atoms with Crippen molar-refractivity contribution in [3.05, 3.63) is 237 Å². The summed E-state index contributed by atoms with van der Waals surface area (Å²) in [5, 5.41) is 5.04. The summed E-state index contributed by atoms with van der Waals surface area (Å²) in [5.74, 6) is 0. The summed E-state index contributed by atoms with van der Waals surface area (Å²) in [6, 6.07) is 85.5. The normalized spacial score (nSPS) is 11.2. The van der Waals surface area contributed by atoms with E-state index in [1.807, 2.05) is 0 Å². The lowest BCUT2D eigenvalue weighted by atomic mass is 9.96. The van der Waals surface area contributed by atoms with E-state index in [0.717, 1.165) is 17.1 Å². The standard InChI is InChI=1S/C56H39N/c1-2-11-40(12-3-1)48-17-8-18-49(39-48)43-29-35-51(36-30-43)57(52-37-31-47(32-38-52)56-22-10-16-45-14-5-7-20-54(45)56)50-33-27-42(28-34-50)41-23-25-46(26-24-41)55-21-9-15-44-13-4-6-19-53(44)55/h1-39H. The fourth-order valence-corrected chi connectivity index (χ4v) is 8.15. The Kier molecular flexibility index (Phi) is 8.95. The first-order valence-corrected chi connectivity index (χ1v) is 19.6. The van der Waals surface area contributed by atoms with E-state index in [1.165, 1.54) is 77.2 Å². The van der Waals surface area contributed by atoms with Crippen molar-refractivity contribution in [3.63, 3.8) is 0 Å². The molecule has 0 aliphatic rings. The van der Waals surface area contributed by atoms with Gasteiger partial charge in [0.1, 0.15) is 0 Å². The molecule has 0 aliphatic carbocycles. The molecule has 1 heteroatoms. The van der Waals surface area contributed by atoms with E-state index >= 15 is 0 Å². The molecule has 0 atom stereocenters. The van der Waals surface area contributed by atoms with Crippen LogP contribution in [0, 0.1) is 0 Å². The molecule has 0 saturated heterocycles. The van der Waals surface area contributed by atoms with Gasteiger partial charge in [-0.1, -0.05) is 194 Å². The van der Waals surface area contributed by atoms with Gasteiger partial charge in [-0.3, -0.25) is 0 Å². The number of hydrogen-bond acceptors (Lipinski definition) is 1. The highest BCUT2D eigenvalue weighted by atomic mass is 15.1. The molecular formula is C56H39N. The van der Waals surface area contributed by atoms with Crippen LogP contribution in [0.1, 0.15) is 0 Å². The highest BCUT2D eigenvalue weighted by molar-refractivity contribution is 5.98. The largest absolute Gasteiger partial charge is 0.311 e. The van der Waals surface area contributed by atoms with Crippen LogP contribution in [0.15, 0.2) is 237 Å². The van der Waals surface area contributed by atoms with Gasteiger partial charge >= 0.3 is 0 Å². The summed E-state index contributed by atoms with van der Waals surface area (Å²) in [4.78, 5) is 2.35. The minimum atomic E-state index is 1.10. The zero-order chi connectivity index (χ0) is 38.0. The maximum atomic E-state index is 2.35. The van der Waals surface area contributed by atoms with Gasteiger partial charge in [0.05, 0.1) is 0 Å². The fourth-order valence-electron chi connectivity index (χ4n) is 8.15. The zero-order valence-corrected chi connectivity index (χ0v) is 31.5. The molecule has 0 bridgehead atoms. The van der Waals surface area contributed by atoms with Gasteiger partial charge in [0, 0.05) is 17.1 Å². The van der Waals surface area contributed by atoms with Gasteiger partial charge in [-0.25, -0.2) is 0 Å². The van der Waals surface area contributed by atoms with Gasteiger partial charge < -0.3 is 4.90 Å². The van der Waals surface area contributed by atoms with E-state index < -0.39 is 0 Å². The van der Waals surface area contributed by atoms with Crippen molar-refractivity contribution in [2.45, 2.75) is 0 Å². The van der Waals surface area contributed by atoms with Gasteiger partial charge in [-0.05, 0) is 120 Å². The Morgan fingerprint density at radius 2 is 0.526 bits per heavy atom. The van der Waals surface area contributed by atoms with Crippen molar-refractivity contribution in [1.29, 1.82) is 0 Å². The van der Waals surface area contributed by atoms with E-state index in [-0.39, 0.29) is 0 Å². The van der Waals surface area contributed by atoms with Crippen molar-refractivity contribution >= 4 is 38.6 Å². The maximum Gasteiger partial charge on any atom is 0.0462 e. The molecule has 10 aromatic rings. The van der Waals surface area contributed by atoms with Gasteiger partial charge in [-0.15, -0.1) is 0 Å². The maximum absolute atomic E-state index is 2.35. The Bertz CT molecular complexity index is 2950. The van der Waals surface area contributed by atoms with E-state index in [0.29, 0.717) is 0 Å². The lowest BCUT2D eigenvalue weighted by Crippen LogP contribution is -2.09. The first kappa shape index (κ1) is 34.0. The lowest BCUT2D eigenvalue weighted by molar-refractivity contribution is 1.28. The topological polar surface area (TPSA) is 3.24 Å². The van der Waals surface area contributed by atoms with Crippen molar-refractivity contribution in [2.75, 3.05) is 4.90 Å². The third-order valence-corrected chi connectivity index (χ3v) is 11.1. The number of rotatable bonds is 8. The van der Waals surface area contributed by atoms with E-state index in [1.54, 1.807) is 0 Å². The van der Waals surface area contributed by atoms with Crippen LogP contribution in [0.4, 0.5) is 17.1 Å². The van der Waals surface area contributed by atoms with Crippen LogP contribution in [0.25, 0.3) is 77.2 Å². The number of nitrogens with zero attached hydrogens (tertiary/aromatic N) is 1. The van der Waals surface area contributed by atoms with Gasteiger partial charge in [0.2, 0.25) is 0 Å². The summed E-state index contributed by atoms with van der Waals surface area (Å²) in [6.07, 6.45) is 0. The van der Waals surface area contributed by atoms with E-state index in [2.05, 4.69) is 241 Å². The van der Waals surface area contributed by atoms with Crippen molar-refractivity contribution in [3.8, 4) is 55.6 Å². The minimum Gasteiger partial charge on any atom is -0.311 e. The second-order valence-electron chi connectivity index (χ2n) is 14.6. The summed E-state index contributed by atoms with van der Waals surface area (Å²) < 4.78 is 0. The van der Waals surface area contributed by atoms with Gasteiger partial charge in [-0.2, -0.15) is 0 Å². The fraction of sp³-hybridized carbons (Fsp3) is 0. The van der Waals surface area contributed by atoms with Gasteiger partial charge in [0.15, 0.2) is 0 Å². The molecular weight excluding hydrogens is 687 g/mol. The third kappa shape index (κ3) is 6.77. The zero-order valence-electron chi connectivity index (χ0n) is 31.5. The molecule has 0 unspecified atom stereocenters. The molecule has 0 aliphatic heterocycles. The van der Waals surface area contributed by atoms with Gasteiger partial charge in [0.25, 0.3) is 0 Å². The quantitative estimate of drug-likeness (QED) is 0.151. The van der Waals surface area contributed by atoms with Crippen LogP contribution in [0.2, 0.25) is 0 Å². The smallest absolute Gasteiger partial charge is 0.0462 e. The molecule has 0 radical (unpaired) electrons. The Morgan fingerprint density at radius 1 is 0.211 bits per heavy atom. The Hall–Kier alpha value is -7.48. The first-order valence-electron chi connectivity index (χ1n) is 19.6. The number of hydrogen-bond donors (Lipinski definition) is 0. The van der Waals surface area contributed by atoms with Crippen LogP contribution in [0.5, 0.6) is 0 Å².